The summed E-state index contributed by atoms with van der Waals surface area (Å²) in [5.41, 5.74) is 4.19. The highest BCUT2D eigenvalue weighted by Gasteiger charge is 2.10. The molecule has 0 fully saturated rings. The van der Waals surface area contributed by atoms with Gasteiger partial charge in [-0.1, -0.05) is 58.4 Å². The number of nitrogens with zero attached hydrogens (tertiary/aromatic N) is 2. The van der Waals surface area contributed by atoms with Crippen LogP contribution in [0.25, 0.3) is 17.0 Å². The zero-order valence-electron chi connectivity index (χ0n) is 15.0. The molecule has 136 valence electrons. The van der Waals surface area contributed by atoms with Crippen LogP contribution >= 0.6 is 15.9 Å². The van der Waals surface area contributed by atoms with Crippen LogP contribution in [0, 0.1) is 0 Å². The second-order valence-corrected chi connectivity index (χ2v) is 7.72. The minimum absolute atomic E-state index is 0.225. The van der Waals surface area contributed by atoms with Crippen LogP contribution in [-0.2, 0) is 6.54 Å². The Kier molecular flexibility index (Phi) is 5.37. The van der Waals surface area contributed by atoms with Crippen molar-refractivity contribution in [3.05, 3.63) is 88.1 Å². The summed E-state index contributed by atoms with van der Waals surface area (Å²) in [6.07, 6.45) is 7.50. The number of rotatable bonds is 4. The van der Waals surface area contributed by atoms with Gasteiger partial charge in [0.15, 0.2) is 0 Å². The van der Waals surface area contributed by atoms with Gasteiger partial charge in [-0.3, -0.25) is 4.90 Å². The minimum Gasteiger partial charge on any atom is -0.506 e. The molecule has 1 aromatic heterocycles. The molecule has 0 aliphatic carbocycles. The number of aromatic hydroxyl groups is 1. The standard InChI is InChI=1S/C23H21BrN2O/c24-20-8-4-18(5-9-20)16-26-14-12-17(13-15-26)6-10-21-11-7-19-2-1-3-22(27)23(19)25-21/h1-12,27H,13-16H2. The number of allylic oxidation sites excluding steroid dienone is 1. The van der Waals surface area contributed by atoms with Gasteiger partial charge in [-0.15, -0.1) is 0 Å². The van der Waals surface area contributed by atoms with Crippen molar-refractivity contribution in [2.75, 3.05) is 13.1 Å². The molecular formula is C23H21BrN2O. The normalized spacial score (nSPS) is 15.4. The number of para-hydroxylation sites is 1. The van der Waals surface area contributed by atoms with Gasteiger partial charge in [-0.25, -0.2) is 4.98 Å². The zero-order chi connectivity index (χ0) is 18.6. The molecule has 0 radical (unpaired) electrons. The van der Waals surface area contributed by atoms with Crippen molar-refractivity contribution in [2.24, 2.45) is 0 Å². The lowest BCUT2D eigenvalue weighted by Gasteiger charge is -2.25. The molecule has 27 heavy (non-hydrogen) atoms. The summed E-state index contributed by atoms with van der Waals surface area (Å²) in [6, 6.07) is 18.0. The number of halogens is 1. The maximum Gasteiger partial charge on any atom is 0.141 e. The van der Waals surface area contributed by atoms with Crippen molar-refractivity contribution in [3.8, 4) is 5.75 Å². The average Bonchev–Trinajstić information content (AvgIpc) is 2.70. The van der Waals surface area contributed by atoms with E-state index in [1.54, 1.807) is 6.07 Å². The van der Waals surface area contributed by atoms with Gasteiger partial charge >= 0.3 is 0 Å². The topological polar surface area (TPSA) is 36.4 Å². The highest BCUT2D eigenvalue weighted by atomic mass is 79.9. The molecule has 0 saturated carbocycles. The summed E-state index contributed by atoms with van der Waals surface area (Å²) in [6.45, 7) is 2.99. The highest BCUT2D eigenvalue weighted by molar-refractivity contribution is 9.10. The molecule has 0 unspecified atom stereocenters. The van der Waals surface area contributed by atoms with E-state index in [0.29, 0.717) is 5.52 Å². The Morgan fingerprint density at radius 1 is 1.04 bits per heavy atom. The van der Waals surface area contributed by atoms with Crippen LogP contribution in [0.3, 0.4) is 0 Å². The summed E-state index contributed by atoms with van der Waals surface area (Å²) < 4.78 is 1.12. The zero-order valence-corrected chi connectivity index (χ0v) is 16.6. The molecule has 2 aromatic carbocycles. The van der Waals surface area contributed by atoms with E-state index in [9.17, 15) is 5.11 Å². The summed E-state index contributed by atoms with van der Waals surface area (Å²) >= 11 is 3.48. The van der Waals surface area contributed by atoms with Crippen LogP contribution in [0.15, 0.2) is 76.8 Å². The van der Waals surface area contributed by atoms with Crippen molar-refractivity contribution in [2.45, 2.75) is 13.0 Å². The smallest absolute Gasteiger partial charge is 0.141 e. The Labute approximate surface area is 167 Å². The summed E-state index contributed by atoms with van der Waals surface area (Å²) in [4.78, 5) is 7.01. The van der Waals surface area contributed by atoms with Gasteiger partial charge in [0.05, 0.1) is 5.69 Å². The number of pyridine rings is 1. The predicted octanol–water partition coefficient (Wildman–Crippen LogP) is 5.55. The third-order valence-corrected chi connectivity index (χ3v) is 5.37. The first-order valence-corrected chi connectivity index (χ1v) is 9.89. The van der Waals surface area contributed by atoms with E-state index in [-0.39, 0.29) is 5.75 Å². The fourth-order valence-electron chi connectivity index (χ4n) is 3.30. The Hall–Kier alpha value is -2.43. The fourth-order valence-corrected chi connectivity index (χ4v) is 3.57. The van der Waals surface area contributed by atoms with Gasteiger partial charge in [-0.2, -0.15) is 0 Å². The van der Waals surface area contributed by atoms with E-state index in [2.05, 4.69) is 62.2 Å². The SMILES string of the molecule is Oc1cccc2ccc(C=CC3=CCN(Cc4ccc(Br)cc4)CC3)nc12. The molecule has 1 N–H and O–H groups in total. The third kappa shape index (κ3) is 4.46. The van der Waals surface area contributed by atoms with Crippen molar-refractivity contribution in [1.29, 1.82) is 0 Å². The average molecular weight is 421 g/mol. The molecule has 0 bridgehead atoms. The molecule has 0 saturated heterocycles. The van der Waals surface area contributed by atoms with Crippen LogP contribution in [0.4, 0.5) is 0 Å². The molecule has 3 aromatic rings. The Morgan fingerprint density at radius 3 is 2.67 bits per heavy atom. The van der Waals surface area contributed by atoms with E-state index >= 15 is 0 Å². The lowest BCUT2D eigenvalue weighted by Crippen LogP contribution is -2.27. The second kappa shape index (κ2) is 8.07. The maximum atomic E-state index is 9.97. The molecule has 2 heterocycles. The quantitative estimate of drug-likeness (QED) is 0.600. The van der Waals surface area contributed by atoms with Gasteiger partial charge < -0.3 is 5.11 Å². The number of hydrogen-bond acceptors (Lipinski definition) is 3. The molecule has 3 nitrogen and oxygen atoms in total. The first kappa shape index (κ1) is 18.0. The van der Waals surface area contributed by atoms with Crippen molar-refractivity contribution >= 4 is 32.9 Å². The van der Waals surface area contributed by atoms with Crippen LogP contribution in [0.5, 0.6) is 5.75 Å². The van der Waals surface area contributed by atoms with Crippen LogP contribution in [0.2, 0.25) is 0 Å². The maximum absolute atomic E-state index is 9.97. The van der Waals surface area contributed by atoms with Gasteiger partial charge in [-0.05, 0) is 47.9 Å². The fraction of sp³-hybridized carbons (Fsp3) is 0.174. The van der Waals surface area contributed by atoms with Crippen molar-refractivity contribution in [3.63, 3.8) is 0 Å². The van der Waals surface area contributed by atoms with E-state index in [1.165, 1.54) is 11.1 Å². The molecule has 0 spiro atoms. The number of phenolic OH excluding ortho intramolecular Hbond substituents is 1. The highest BCUT2D eigenvalue weighted by Crippen LogP contribution is 2.23. The molecule has 1 aliphatic rings. The van der Waals surface area contributed by atoms with Crippen LogP contribution in [-0.4, -0.2) is 28.1 Å². The van der Waals surface area contributed by atoms with E-state index in [4.69, 9.17) is 0 Å². The summed E-state index contributed by atoms with van der Waals surface area (Å²) in [7, 11) is 0. The predicted molar refractivity (Wildman–Crippen MR) is 115 cm³/mol. The van der Waals surface area contributed by atoms with E-state index < -0.39 is 0 Å². The number of phenols is 1. The lowest BCUT2D eigenvalue weighted by atomic mass is 10.1. The van der Waals surface area contributed by atoms with Gasteiger partial charge in [0.2, 0.25) is 0 Å². The molecule has 0 amide bonds. The molecule has 4 heteroatoms. The van der Waals surface area contributed by atoms with Gasteiger partial charge in [0.25, 0.3) is 0 Å². The minimum atomic E-state index is 0.225. The Bertz CT molecular complexity index is 1010. The van der Waals surface area contributed by atoms with E-state index in [1.807, 2.05) is 30.3 Å². The first-order valence-electron chi connectivity index (χ1n) is 9.10. The largest absolute Gasteiger partial charge is 0.506 e. The number of benzene rings is 2. The molecule has 4 rings (SSSR count). The van der Waals surface area contributed by atoms with Gasteiger partial charge in [0, 0.05) is 29.5 Å². The monoisotopic (exact) mass is 420 g/mol. The molecule has 1 aliphatic heterocycles. The first-order chi connectivity index (χ1) is 13.2. The Balaban J connectivity index is 1.41. The van der Waals surface area contributed by atoms with Crippen molar-refractivity contribution < 1.29 is 5.11 Å². The number of fused-ring (bicyclic) bond motifs is 1. The van der Waals surface area contributed by atoms with E-state index in [0.717, 1.165) is 41.6 Å². The Morgan fingerprint density at radius 2 is 1.89 bits per heavy atom. The van der Waals surface area contributed by atoms with Crippen molar-refractivity contribution in [1.82, 2.24) is 9.88 Å². The van der Waals surface area contributed by atoms with Gasteiger partial charge in [0.1, 0.15) is 11.3 Å². The summed E-state index contributed by atoms with van der Waals surface area (Å²) in [5.74, 6) is 0.225. The van der Waals surface area contributed by atoms with Crippen LogP contribution < -0.4 is 0 Å². The van der Waals surface area contributed by atoms with Crippen LogP contribution in [0.1, 0.15) is 17.7 Å². The molecule has 0 atom stereocenters. The number of hydrogen-bond donors (Lipinski definition) is 1. The lowest BCUT2D eigenvalue weighted by molar-refractivity contribution is 0.287. The summed E-state index contributed by atoms with van der Waals surface area (Å²) in [5, 5.41) is 10.9. The third-order valence-electron chi connectivity index (χ3n) is 4.84. The number of aromatic nitrogens is 1. The second-order valence-electron chi connectivity index (χ2n) is 6.81. The molecular weight excluding hydrogens is 400 g/mol.